The molecule has 0 aliphatic rings. The second-order valence-electron chi connectivity index (χ2n) is 6.62. The number of allylic oxidation sites excluding steroid dienone is 1. The Morgan fingerprint density at radius 2 is 1.86 bits per heavy atom. The minimum atomic E-state index is -0.0841. The van der Waals surface area contributed by atoms with Crippen LogP contribution >= 0.6 is 11.3 Å². The molecule has 0 saturated carbocycles. The van der Waals surface area contributed by atoms with E-state index in [-0.39, 0.29) is 5.91 Å². The zero-order valence-corrected chi connectivity index (χ0v) is 17.5. The van der Waals surface area contributed by atoms with Crippen molar-refractivity contribution >= 4 is 39.6 Å². The lowest BCUT2D eigenvalue weighted by molar-refractivity contribution is -0.115. The van der Waals surface area contributed by atoms with Crippen LogP contribution in [0.15, 0.2) is 54.6 Å². The Labute approximate surface area is 174 Å². The number of nitrogens with zero attached hydrogens (tertiary/aromatic N) is 3. The van der Waals surface area contributed by atoms with E-state index < -0.39 is 0 Å². The molecule has 0 saturated heterocycles. The maximum absolute atomic E-state index is 12.0. The van der Waals surface area contributed by atoms with Gasteiger partial charge in [0.05, 0.1) is 5.57 Å². The zero-order chi connectivity index (χ0) is 20.8. The molecule has 0 atom stereocenters. The lowest BCUT2D eigenvalue weighted by atomic mass is 10.1. The summed E-state index contributed by atoms with van der Waals surface area (Å²) in [7, 11) is 3.97. The first kappa shape index (κ1) is 20.3. The molecule has 0 aliphatic heterocycles. The first-order valence-corrected chi connectivity index (χ1v) is 10.1. The van der Waals surface area contributed by atoms with E-state index in [0.717, 1.165) is 16.8 Å². The van der Waals surface area contributed by atoms with Crippen molar-refractivity contribution in [2.75, 3.05) is 24.3 Å². The Hall–Kier alpha value is -3.43. The van der Waals surface area contributed by atoms with E-state index in [1.807, 2.05) is 79.7 Å². The molecule has 6 heteroatoms. The Kier molecular flexibility index (Phi) is 6.43. The molecule has 1 N–H and O–H groups in total. The van der Waals surface area contributed by atoms with Crippen LogP contribution in [-0.4, -0.2) is 25.0 Å². The van der Waals surface area contributed by atoms with Crippen molar-refractivity contribution in [3.63, 3.8) is 0 Å². The molecule has 0 aliphatic carbocycles. The molecule has 0 bridgehead atoms. The Morgan fingerprint density at radius 1 is 1.17 bits per heavy atom. The molecule has 0 unspecified atom stereocenters. The minimum absolute atomic E-state index is 0.0841. The van der Waals surface area contributed by atoms with Crippen molar-refractivity contribution in [3.8, 4) is 17.3 Å². The molecule has 2 aromatic carbocycles. The van der Waals surface area contributed by atoms with E-state index in [0.29, 0.717) is 27.7 Å². The van der Waals surface area contributed by atoms with Gasteiger partial charge in [-0.25, -0.2) is 4.98 Å². The highest BCUT2D eigenvalue weighted by atomic mass is 32.1. The summed E-state index contributed by atoms with van der Waals surface area (Å²) >= 11 is 1.32. The predicted molar refractivity (Wildman–Crippen MR) is 121 cm³/mol. The second kappa shape index (κ2) is 9.18. The molecule has 0 fully saturated rings. The molecule has 5 nitrogen and oxygen atoms in total. The number of benzene rings is 2. The van der Waals surface area contributed by atoms with Gasteiger partial charge in [0.1, 0.15) is 21.8 Å². The molecule has 3 rings (SSSR count). The molecular weight excluding hydrogens is 380 g/mol. The van der Waals surface area contributed by atoms with Crippen molar-refractivity contribution in [2.24, 2.45) is 0 Å². The number of amides is 1. The van der Waals surface area contributed by atoms with Gasteiger partial charge in [-0.05, 0) is 23.8 Å². The number of carbonyl (C=O) groups excluding carboxylic acids is 1. The molecular formula is C23H22N4OS. The van der Waals surface area contributed by atoms with Gasteiger partial charge in [-0.2, -0.15) is 5.26 Å². The van der Waals surface area contributed by atoms with Crippen LogP contribution < -0.4 is 10.2 Å². The maximum Gasteiger partial charge on any atom is 0.224 e. The third-order valence-electron chi connectivity index (χ3n) is 4.32. The summed E-state index contributed by atoms with van der Waals surface area (Å²) in [4.78, 5) is 18.7. The van der Waals surface area contributed by atoms with Crippen LogP contribution in [0.5, 0.6) is 0 Å². The van der Waals surface area contributed by atoms with Crippen molar-refractivity contribution in [1.29, 1.82) is 5.26 Å². The SMILES string of the molecule is CCC(=O)Nc1sc(C(C#N)=Cc2ccc(N(C)C)cc2)nc1-c1ccccc1. The number of nitriles is 1. The van der Waals surface area contributed by atoms with Gasteiger partial charge in [0.25, 0.3) is 0 Å². The van der Waals surface area contributed by atoms with E-state index in [1.165, 1.54) is 11.3 Å². The van der Waals surface area contributed by atoms with Crippen LogP contribution in [0.1, 0.15) is 23.9 Å². The number of rotatable bonds is 6. The average molecular weight is 403 g/mol. The van der Waals surface area contributed by atoms with Gasteiger partial charge < -0.3 is 10.2 Å². The lowest BCUT2D eigenvalue weighted by Crippen LogP contribution is -2.08. The first-order chi connectivity index (χ1) is 14.0. The molecule has 29 heavy (non-hydrogen) atoms. The number of hydrogen-bond donors (Lipinski definition) is 1. The number of carbonyl (C=O) groups is 1. The van der Waals surface area contributed by atoms with E-state index in [9.17, 15) is 10.1 Å². The largest absolute Gasteiger partial charge is 0.378 e. The Balaban J connectivity index is 2.01. The van der Waals surface area contributed by atoms with Gasteiger partial charge >= 0.3 is 0 Å². The smallest absolute Gasteiger partial charge is 0.224 e. The summed E-state index contributed by atoms with van der Waals surface area (Å²) in [6.45, 7) is 1.80. The number of aromatic nitrogens is 1. The first-order valence-electron chi connectivity index (χ1n) is 9.27. The summed E-state index contributed by atoms with van der Waals surface area (Å²) in [5.74, 6) is -0.0841. The van der Waals surface area contributed by atoms with Crippen molar-refractivity contribution in [1.82, 2.24) is 4.98 Å². The summed E-state index contributed by atoms with van der Waals surface area (Å²) in [5.41, 5.74) is 4.04. The monoisotopic (exact) mass is 402 g/mol. The Morgan fingerprint density at radius 3 is 2.45 bits per heavy atom. The third kappa shape index (κ3) is 4.89. The maximum atomic E-state index is 12.0. The quantitative estimate of drug-likeness (QED) is 0.569. The fourth-order valence-electron chi connectivity index (χ4n) is 2.70. The summed E-state index contributed by atoms with van der Waals surface area (Å²) < 4.78 is 0. The van der Waals surface area contributed by atoms with E-state index in [2.05, 4.69) is 16.4 Å². The molecule has 1 amide bonds. The fraction of sp³-hybridized carbons (Fsp3) is 0.174. The van der Waals surface area contributed by atoms with E-state index in [1.54, 1.807) is 6.92 Å². The molecule has 1 heterocycles. The lowest BCUT2D eigenvalue weighted by Gasteiger charge is -2.11. The van der Waals surface area contributed by atoms with Crippen molar-refractivity contribution < 1.29 is 4.79 Å². The Bertz CT molecular complexity index is 1060. The number of nitrogens with one attached hydrogen (secondary N) is 1. The third-order valence-corrected chi connectivity index (χ3v) is 5.32. The summed E-state index contributed by atoms with van der Waals surface area (Å²) in [6.07, 6.45) is 2.19. The summed E-state index contributed by atoms with van der Waals surface area (Å²) in [5, 5.41) is 13.9. The minimum Gasteiger partial charge on any atom is -0.378 e. The van der Waals surface area contributed by atoms with Gasteiger partial charge in [-0.3, -0.25) is 4.79 Å². The van der Waals surface area contributed by atoms with Crippen LogP contribution in [-0.2, 0) is 4.79 Å². The van der Waals surface area contributed by atoms with Gasteiger partial charge in [-0.1, -0.05) is 60.7 Å². The fourth-order valence-corrected chi connectivity index (χ4v) is 3.67. The highest BCUT2D eigenvalue weighted by Gasteiger charge is 2.17. The van der Waals surface area contributed by atoms with Crippen molar-refractivity contribution in [3.05, 3.63) is 65.2 Å². The van der Waals surface area contributed by atoms with Gasteiger partial charge in [0.15, 0.2) is 0 Å². The van der Waals surface area contributed by atoms with Crippen LogP contribution in [0, 0.1) is 11.3 Å². The second-order valence-corrected chi connectivity index (χ2v) is 7.62. The number of thiazole rings is 1. The molecule has 146 valence electrons. The molecule has 0 spiro atoms. The standard InChI is InChI=1S/C23H22N4OS/c1-4-20(28)25-23-21(17-8-6-5-7-9-17)26-22(29-23)18(15-24)14-16-10-12-19(13-11-16)27(2)3/h5-14H,4H2,1-3H3,(H,25,28). The molecule has 3 aromatic rings. The van der Waals surface area contributed by atoms with Crippen LogP contribution in [0.2, 0.25) is 0 Å². The molecule has 1 aromatic heterocycles. The van der Waals surface area contributed by atoms with Gasteiger partial charge in [0.2, 0.25) is 5.91 Å². The normalized spacial score (nSPS) is 11.0. The van der Waals surface area contributed by atoms with Crippen LogP contribution in [0.25, 0.3) is 22.9 Å². The zero-order valence-electron chi connectivity index (χ0n) is 16.6. The van der Waals surface area contributed by atoms with E-state index in [4.69, 9.17) is 0 Å². The number of anilines is 2. The van der Waals surface area contributed by atoms with Crippen LogP contribution in [0.3, 0.4) is 0 Å². The summed E-state index contributed by atoms with van der Waals surface area (Å²) in [6, 6.07) is 19.9. The van der Waals surface area contributed by atoms with Gasteiger partial charge in [-0.15, -0.1) is 0 Å². The highest BCUT2D eigenvalue weighted by Crippen LogP contribution is 2.36. The van der Waals surface area contributed by atoms with Crippen molar-refractivity contribution in [2.45, 2.75) is 13.3 Å². The van der Waals surface area contributed by atoms with Gasteiger partial charge in [0, 0.05) is 31.8 Å². The van der Waals surface area contributed by atoms with E-state index >= 15 is 0 Å². The van der Waals surface area contributed by atoms with Crippen LogP contribution in [0.4, 0.5) is 10.7 Å². The predicted octanol–water partition coefficient (Wildman–Crippen LogP) is 5.29. The molecule has 0 radical (unpaired) electrons. The average Bonchev–Trinajstić information content (AvgIpc) is 3.16. The topological polar surface area (TPSA) is 69.0 Å². The number of hydrogen-bond acceptors (Lipinski definition) is 5. The highest BCUT2D eigenvalue weighted by molar-refractivity contribution is 7.17.